The lowest BCUT2D eigenvalue weighted by molar-refractivity contribution is 0.668. The molecule has 3 heteroatoms. The van der Waals surface area contributed by atoms with Crippen LogP contribution in [-0.2, 0) is 0 Å². The molecule has 0 saturated carbocycles. The number of nitrogens with zero attached hydrogens (tertiary/aromatic N) is 2. The van der Waals surface area contributed by atoms with Gasteiger partial charge in [0.1, 0.15) is 5.58 Å². The van der Waals surface area contributed by atoms with E-state index in [1.54, 1.807) is 0 Å². The maximum absolute atomic E-state index is 6.29. The molecule has 8 aromatic rings. The van der Waals surface area contributed by atoms with Crippen molar-refractivity contribution in [2.45, 2.75) is 0 Å². The van der Waals surface area contributed by atoms with Crippen LogP contribution >= 0.6 is 0 Å². The van der Waals surface area contributed by atoms with Crippen molar-refractivity contribution in [1.82, 2.24) is 4.57 Å². The molecule has 0 fully saturated rings. The number of hydrogen-bond donors (Lipinski definition) is 0. The minimum atomic E-state index is 0.913. The van der Waals surface area contributed by atoms with Crippen LogP contribution in [-0.4, -0.2) is 11.6 Å². The maximum atomic E-state index is 6.29. The zero-order valence-electron chi connectivity index (χ0n) is 22.1. The van der Waals surface area contributed by atoms with E-state index < -0.39 is 0 Å². The molecule has 0 aliphatic heterocycles. The summed E-state index contributed by atoms with van der Waals surface area (Å²) in [5.41, 5.74) is 10.00. The Bertz CT molecular complexity index is 2170. The van der Waals surface area contributed by atoms with Crippen molar-refractivity contribution in [3.63, 3.8) is 0 Å². The summed E-state index contributed by atoms with van der Waals surface area (Å²) in [6, 6.07) is 49.4. The Kier molecular flexibility index (Phi) is 5.04. The maximum Gasteiger partial charge on any atom is 0.159 e. The fourth-order valence-electron chi connectivity index (χ4n) is 6.02. The molecule has 0 bridgehead atoms. The molecule has 0 radical (unpaired) electrons. The molecule has 0 amide bonds. The van der Waals surface area contributed by atoms with Gasteiger partial charge in [-0.25, -0.2) is 0 Å². The summed E-state index contributed by atoms with van der Waals surface area (Å²) >= 11 is 0. The second-order valence-corrected chi connectivity index (χ2v) is 10.3. The Morgan fingerprint density at radius 1 is 0.525 bits per heavy atom. The molecule has 6 aromatic carbocycles. The van der Waals surface area contributed by atoms with Gasteiger partial charge in [-0.15, -0.1) is 0 Å². The third-order valence-electron chi connectivity index (χ3n) is 8.02. The molecule has 0 spiro atoms. The highest BCUT2D eigenvalue weighted by atomic mass is 16.3. The van der Waals surface area contributed by atoms with Crippen LogP contribution < -0.4 is 4.90 Å². The van der Waals surface area contributed by atoms with Crippen LogP contribution in [0.1, 0.15) is 0 Å². The van der Waals surface area contributed by atoms with Crippen molar-refractivity contribution >= 4 is 55.1 Å². The van der Waals surface area contributed by atoms with Crippen molar-refractivity contribution in [3.05, 3.63) is 140 Å². The zero-order chi connectivity index (χ0) is 26.6. The standard InChI is InChI=1S/C37H26N2O/c1-38(35-16-9-14-31-30-13-6-8-17-36(30)40-37(31)35)27-21-18-25(19-22-27)26-20-23-34-32(24-26)29-12-5-7-15-33(29)39(34)28-10-3-2-4-11-28/h2-24H,1H3. The molecule has 40 heavy (non-hydrogen) atoms. The van der Waals surface area contributed by atoms with Crippen LogP contribution in [0.4, 0.5) is 11.4 Å². The van der Waals surface area contributed by atoms with E-state index in [4.69, 9.17) is 4.42 Å². The van der Waals surface area contributed by atoms with Crippen LogP contribution in [0, 0.1) is 0 Å². The van der Waals surface area contributed by atoms with Gasteiger partial charge in [0, 0.05) is 40.0 Å². The number of furan rings is 1. The molecule has 0 saturated heterocycles. The number of hydrogen-bond acceptors (Lipinski definition) is 2. The van der Waals surface area contributed by atoms with E-state index >= 15 is 0 Å². The molecular weight excluding hydrogens is 488 g/mol. The summed E-state index contributed by atoms with van der Waals surface area (Å²) < 4.78 is 8.64. The minimum Gasteiger partial charge on any atom is -0.454 e. The molecule has 0 unspecified atom stereocenters. The van der Waals surface area contributed by atoms with E-state index in [-0.39, 0.29) is 0 Å². The lowest BCUT2D eigenvalue weighted by Gasteiger charge is -2.20. The molecule has 2 heterocycles. The summed E-state index contributed by atoms with van der Waals surface area (Å²) in [4.78, 5) is 2.20. The number of rotatable bonds is 4. The van der Waals surface area contributed by atoms with Gasteiger partial charge >= 0.3 is 0 Å². The third kappa shape index (κ3) is 3.45. The average molecular weight is 515 g/mol. The number of aromatic nitrogens is 1. The molecule has 0 atom stereocenters. The van der Waals surface area contributed by atoms with Gasteiger partial charge in [-0.1, -0.05) is 84.9 Å². The fourth-order valence-corrected chi connectivity index (χ4v) is 6.02. The zero-order valence-corrected chi connectivity index (χ0v) is 22.1. The lowest BCUT2D eigenvalue weighted by atomic mass is 10.0. The van der Waals surface area contributed by atoms with Crippen molar-refractivity contribution in [1.29, 1.82) is 0 Å². The first-order valence-corrected chi connectivity index (χ1v) is 13.6. The summed E-state index contributed by atoms with van der Waals surface area (Å²) in [6.07, 6.45) is 0. The molecular formula is C37H26N2O. The van der Waals surface area contributed by atoms with Gasteiger partial charge in [-0.2, -0.15) is 0 Å². The Labute approximate surface area is 232 Å². The first-order valence-electron chi connectivity index (χ1n) is 13.6. The van der Waals surface area contributed by atoms with E-state index in [9.17, 15) is 0 Å². The van der Waals surface area contributed by atoms with E-state index in [0.29, 0.717) is 0 Å². The quantitative estimate of drug-likeness (QED) is 0.233. The molecule has 8 rings (SSSR count). The van der Waals surface area contributed by atoms with Crippen LogP contribution in [0.25, 0.3) is 60.6 Å². The first-order chi connectivity index (χ1) is 19.8. The Hall–Kier alpha value is -5.28. The molecule has 0 aliphatic carbocycles. The Morgan fingerprint density at radius 3 is 2.05 bits per heavy atom. The van der Waals surface area contributed by atoms with Crippen molar-refractivity contribution in [3.8, 4) is 16.8 Å². The van der Waals surface area contributed by atoms with Gasteiger partial charge in [0.25, 0.3) is 0 Å². The van der Waals surface area contributed by atoms with Crippen LogP contribution in [0.5, 0.6) is 0 Å². The number of benzene rings is 6. The van der Waals surface area contributed by atoms with E-state index in [0.717, 1.165) is 33.3 Å². The van der Waals surface area contributed by atoms with Crippen molar-refractivity contribution < 1.29 is 4.42 Å². The fraction of sp³-hybridized carbons (Fsp3) is 0.0270. The van der Waals surface area contributed by atoms with E-state index in [1.807, 2.05) is 12.1 Å². The number of anilines is 2. The summed E-state index contributed by atoms with van der Waals surface area (Å²) in [5.74, 6) is 0. The van der Waals surface area contributed by atoms with Crippen LogP contribution in [0.15, 0.2) is 144 Å². The average Bonchev–Trinajstić information content (AvgIpc) is 3.57. The molecule has 0 N–H and O–H groups in total. The van der Waals surface area contributed by atoms with Gasteiger partial charge in [-0.05, 0) is 65.7 Å². The molecule has 3 nitrogen and oxygen atoms in total. The van der Waals surface area contributed by atoms with Gasteiger partial charge in [0.05, 0.1) is 16.7 Å². The monoisotopic (exact) mass is 514 g/mol. The van der Waals surface area contributed by atoms with E-state index in [1.165, 1.54) is 38.6 Å². The van der Waals surface area contributed by atoms with Gasteiger partial charge in [-0.3, -0.25) is 0 Å². The van der Waals surface area contributed by atoms with E-state index in [2.05, 4.69) is 144 Å². The summed E-state index contributed by atoms with van der Waals surface area (Å²) in [5, 5.41) is 4.81. The normalized spacial score (nSPS) is 11.6. The summed E-state index contributed by atoms with van der Waals surface area (Å²) in [6.45, 7) is 0. The second-order valence-electron chi connectivity index (χ2n) is 10.3. The third-order valence-corrected chi connectivity index (χ3v) is 8.02. The van der Waals surface area contributed by atoms with Crippen LogP contribution in [0.3, 0.4) is 0 Å². The minimum absolute atomic E-state index is 0.913. The largest absolute Gasteiger partial charge is 0.454 e. The summed E-state index contributed by atoms with van der Waals surface area (Å²) in [7, 11) is 2.10. The van der Waals surface area contributed by atoms with Crippen LogP contribution in [0.2, 0.25) is 0 Å². The Balaban J connectivity index is 1.19. The number of fused-ring (bicyclic) bond motifs is 6. The highest BCUT2D eigenvalue weighted by Crippen LogP contribution is 2.38. The topological polar surface area (TPSA) is 21.3 Å². The van der Waals surface area contributed by atoms with Gasteiger partial charge in [0.15, 0.2) is 5.58 Å². The smallest absolute Gasteiger partial charge is 0.159 e. The predicted octanol–water partition coefficient (Wildman–Crippen LogP) is 10.1. The molecule has 0 aliphatic rings. The highest BCUT2D eigenvalue weighted by molar-refractivity contribution is 6.11. The molecule has 190 valence electrons. The Morgan fingerprint density at radius 2 is 1.20 bits per heavy atom. The first kappa shape index (κ1) is 22.7. The van der Waals surface area contributed by atoms with Gasteiger partial charge in [0.2, 0.25) is 0 Å². The number of para-hydroxylation sites is 4. The highest BCUT2D eigenvalue weighted by Gasteiger charge is 2.15. The molecule has 2 aromatic heterocycles. The lowest BCUT2D eigenvalue weighted by Crippen LogP contribution is -2.09. The predicted molar refractivity (Wildman–Crippen MR) is 168 cm³/mol. The van der Waals surface area contributed by atoms with Gasteiger partial charge < -0.3 is 13.9 Å². The SMILES string of the molecule is CN(c1ccc(-c2ccc3c(c2)c2ccccc2n3-c2ccccc2)cc1)c1cccc2c1oc1ccccc12. The van der Waals surface area contributed by atoms with Crippen molar-refractivity contribution in [2.24, 2.45) is 0 Å². The van der Waals surface area contributed by atoms with Crippen molar-refractivity contribution in [2.75, 3.05) is 11.9 Å². The second kappa shape index (κ2) is 8.89.